The van der Waals surface area contributed by atoms with Crippen molar-refractivity contribution >= 4 is 122 Å². The van der Waals surface area contributed by atoms with Gasteiger partial charge in [0.15, 0.2) is 10.3 Å². The van der Waals surface area contributed by atoms with E-state index in [0.717, 1.165) is 43.2 Å². The van der Waals surface area contributed by atoms with Gasteiger partial charge >= 0.3 is 0 Å². The monoisotopic (exact) mass is 991 g/mol. The molecule has 0 radical (unpaired) electrons. The second-order valence-electron chi connectivity index (χ2n) is 16.1. The lowest BCUT2D eigenvalue weighted by molar-refractivity contribution is -0.118. The maximum Gasteiger partial charge on any atom is 0.240 e. The van der Waals surface area contributed by atoms with Crippen molar-refractivity contribution in [3.05, 3.63) is 132 Å². The van der Waals surface area contributed by atoms with E-state index in [1.807, 2.05) is 92.6 Å². The van der Waals surface area contributed by atoms with Crippen molar-refractivity contribution in [1.29, 1.82) is 0 Å². The molecule has 350 valence electrons. The first-order chi connectivity index (χ1) is 32.7. The summed E-state index contributed by atoms with van der Waals surface area (Å²) in [4.78, 5) is 39.0. The summed E-state index contributed by atoms with van der Waals surface area (Å²) in [6.07, 6.45) is 0.00816. The Morgan fingerprint density at radius 3 is 1.59 bits per heavy atom. The van der Waals surface area contributed by atoms with Crippen LogP contribution in [0.1, 0.15) is 13.3 Å². The van der Waals surface area contributed by atoms with Crippen molar-refractivity contribution in [2.75, 3.05) is 63.8 Å². The molecule has 68 heavy (non-hydrogen) atoms. The Bertz CT molecular complexity index is 3340. The molecule has 2 amide bonds. The average Bonchev–Trinajstić information content (AvgIpc) is 3.98. The molecule has 8 rings (SSSR count). The summed E-state index contributed by atoms with van der Waals surface area (Å²) in [6.45, 7) is 1.65. The van der Waals surface area contributed by atoms with Crippen LogP contribution in [-0.2, 0) is 31.4 Å². The molecule has 6 aromatic carbocycles. The zero-order chi connectivity index (χ0) is 48.2. The number of anilines is 8. The fraction of sp³-hybridized carbons (Fsp3) is 0.167. The number of aromatic nitrogens is 2. The Hall–Kier alpha value is -6.97. The molecular weight excluding hydrogens is 946 g/mol. The fourth-order valence-corrected chi connectivity index (χ4v) is 10.7. The number of thiazole rings is 2. The Labute approximate surface area is 403 Å². The van der Waals surface area contributed by atoms with Crippen LogP contribution >= 0.6 is 22.7 Å². The van der Waals surface area contributed by atoms with Gasteiger partial charge in [-0.2, -0.15) is 0 Å². The quantitative estimate of drug-likeness (QED) is 0.0551. The third kappa shape index (κ3) is 10.3. The van der Waals surface area contributed by atoms with Crippen LogP contribution in [0, 0.1) is 5.82 Å². The first-order valence-corrected chi connectivity index (χ1v) is 25.1. The molecule has 1 unspecified atom stereocenters. The second kappa shape index (κ2) is 20.5. The number of nitrogens with one attached hydrogen (secondary N) is 3. The van der Waals surface area contributed by atoms with Crippen LogP contribution < -0.4 is 34.4 Å². The van der Waals surface area contributed by atoms with Gasteiger partial charge in [0.1, 0.15) is 5.82 Å². The van der Waals surface area contributed by atoms with Crippen LogP contribution in [0.25, 0.3) is 44.1 Å². The van der Waals surface area contributed by atoms with Gasteiger partial charge in [0.2, 0.25) is 33.6 Å². The number of fused-ring (bicyclic) bond motifs is 2. The molecule has 0 bridgehead atoms. The number of amides is 2. The number of nitrogens with zero attached hydrogens (tertiary/aromatic N) is 6. The minimum Gasteiger partial charge on any atom is -0.377 e. The molecule has 2 aromatic heterocycles. The van der Waals surface area contributed by atoms with Crippen LogP contribution in [0.15, 0.2) is 126 Å². The Morgan fingerprint density at radius 2 is 1.06 bits per heavy atom. The molecule has 0 fully saturated rings. The minimum atomic E-state index is -3.32. The molecule has 0 aliphatic carbocycles. The SMILES string of the molecule is CC(CC(=O)Nc1nc(-c2ccc(F)c(N(c3cccc4c(N(C)C)cccc34)[SH](=O)=O)c2)cs1)NCC(=O)Nc1nc(-c2cccc(N(c3cccc4c(N(C)C)cccc34)[SH](=O)=O)c2)cs1. The molecule has 15 nitrogen and oxygen atoms in total. The highest BCUT2D eigenvalue weighted by atomic mass is 32.2. The highest BCUT2D eigenvalue weighted by Crippen LogP contribution is 2.40. The van der Waals surface area contributed by atoms with E-state index in [2.05, 4.69) is 25.9 Å². The van der Waals surface area contributed by atoms with Gasteiger partial charge < -0.3 is 25.8 Å². The highest BCUT2D eigenvalue weighted by molar-refractivity contribution is 7.74. The largest absolute Gasteiger partial charge is 0.377 e. The highest BCUT2D eigenvalue weighted by Gasteiger charge is 2.22. The van der Waals surface area contributed by atoms with Gasteiger partial charge in [-0.15, -0.1) is 22.7 Å². The number of carbonyl (C=O) groups is 2. The number of thiol groups is 2. The fourth-order valence-electron chi connectivity index (χ4n) is 7.84. The number of hydrogen-bond acceptors (Lipinski definition) is 13. The van der Waals surface area contributed by atoms with E-state index in [-0.39, 0.29) is 35.6 Å². The Balaban J connectivity index is 0.872. The number of benzene rings is 6. The van der Waals surface area contributed by atoms with E-state index in [1.54, 1.807) is 60.1 Å². The van der Waals surface area contributed by atoms with Crippen molar-refractivity contribution in [2.45, 2.75) is 19.4 Å². The van der Waals surface area contributed by atoms with E-state index in [4.69, 9.17) is 0 Å². The lowest BCUT2D eigenvalue weighted by atomic mass is 10.1. The standard InChI is InChI=1S/C48H46FN9O6S4/c1-29(23-45(59)53-47-52-39(28-65-47)31-21-22-37(49)44(25-31)58(68(63)64)43-20-10-14-34-36(43)16-8-18-41(34)56(4)5)50-26-46(60)54-48-51-38(27-66-48)30-11-6-12-32(24-30)57(67(61)62)42-19-9-13-33-35(42)15-7-17-40(33)55(2)3/h6-22,24-25,27-29,50,67-68H,23,26H2,1-5H3,(H,51,54,60)(H,52,53,59). The molecule has 0 aliphatic heterocycles. The summed E-state index contributed by atoms with van der Waals surface area (Å²) in [5.41, 5.74) is 4.95. The maximum absolute atomic E-state index is 15.5. The summed E-state index contributed by atoms with van der Waals surface area (Å²) >= 11 is 2.37. The summed E-state index contributed by atoms with van der Waals surface area (Å²) in [5, 5.41) is 15.8. The first-order valence-electron chi connectivity index (χ1n) is 21.1. The number of rotatable bonds is 17. The van der Waals surface area contributed by atoms with E-state index >= 15 is 4.39 Å². The van der Waals surface area contributed by atoms with E-state index in [1.165, 1.54) is 33.8 Å². The average molecular weight is 992 g/mol. The number of hydrogen-bond donors (Lipinski definition) is 5. The lowest BCUT2D eigenvalue weighted by Gasteiger charge is -2.23. The summed E-state index contributed by atoms with van der Waals surface area (Å²) < 4.78 is 68.9. The summed E-state index contributed by atoms with van der Waals surface area (Å²) in [6, 6.07) is 32.8. The normalized spacial score (nSPS) is 11.8. The van der Waals surface area contributed by atoms with Crippen LogP contribution in [0.4, 0.5) is 48.8 Å². The molecule has 3 N–H and O–H groups in total. The molecule has 1 atom stereocenters. The van der Waals surface area contributed by atoms with Crippen LogP contribution in [0.5, 0.6) is 0 Å². The van der Waals surface area contributed by atoms with Crippen molar-refractivity contribution in [1.82, 2.24) is 15.3 Å². The molecule has 0 saturated heterocycles. The topological polar surface area (TPSA) is 177 Å². The number of halogens is 1. The molecule has 2 heterocycles. The zero-order valence-electron chi connectivity index (χ0n) is 37.3. The first kappa shape index (κ1) is 47.5. The van der Waals surface area contributed by atoms with Gasteiger partial charge in [0.05, 0.1) is 40.7 Å². The van der Waals surface area contributed by atoms with Crippen molar-refractivity contribution in [2.24, 2.45) is 0 Å². The molecule has 20 heteroatoms. The second-order valence-corrected chi connectivity index (χ2v) is 19.5. The van der Waals surface area contributed by atoms with Crippen molar-refractivity contribution < 1.29 is 30.8 Å². The minimum absolute atomic E-state index is 0.00816. The maximum atomic E-state index is 15.5. The molecule has 0 spiro atoms. The third-order valence-electron chi connectivity index (χ3n) is 11.0. The van der Waals surface area contributed by atoms with E-state index in [9.17, 15) is 26.4 Å². The predicted molar refractivity (Wildman–Crippen MR) is 276 cm³/mol. The Kier molecular flexibility index (Phi) is 14.3. The van der Waals surface area contributed by atoms with Crippen molar-refractivity contribution in [3.8, 4) is 22.5 Å². The number of carbonyl (C=O) groups excluding carboxylic acids is 2. The molecule has 0 aliphatic rings. The Morgan fingerprint density at radius 1 is 0.588 bits per heavy atom. The lowest BCUT2D eigenvalue weighted by Crippen LogP contribution is -2.36. The van der Waals surface area contributed by atoms with Crippen LogP contribution in [0.3, 0.4) is 0 Å². The smallest absolute Gasteiger partial charge is 0.240 e. The van der Waals surface area contributed by atoms with Crippen LogP contribution in [0.2, 0.25) is 0 Å². The van der Waals surface area contributed by atoms with E-state index in [0.29, 0.717) is 50.1 Å². The third-order valence-corrected chi connectivity index (χ3v) is 14.0. The van der Waals surface area contributed by atoms with Gasteiger partial charge in [0.25, 0.3) is 0 Å². The molecule has 0 saturated carbocycles. The van der Waals surface area contributed by atoms with Crippen LogP contribution in [-0.4, -0.2) is 79.4 Å². The van der Waals surface area contributed by atoms with Gasteiger partial charge in [0, 0.05) is 95.5 Å². The zero-order valence-corrected chi connectivity index (χ0v) is 40.8. The predicted octanol–water partition coefficient (Wildman–Crippen LogP) is 8.79. The van der Waals surface area contributed by atoms with Gasteiger partial charge in [-0.1, -0.05) is 60.7 Å². The van der Waals surface area contributed by atoms with Gasteiger partial charge in [-0.25, -0.2) is 39.8 Å². The van der Waals surface area contributed by atoms with Gasteiger partial charge in [-0.05, 0) is 61.5 Å². The molecule has 8 aromatic rings. The van der Waals surface area contributed by atoms with Gasteiger partial charge in [-0.3, -0.25) is 9.59 Å². The summed E-state index contributed by atoms with van der Waals surface area (Å²) in [5.74, 6) is -1.48. The van der Waals surface area contributed by atoms with Crippen molar-refractivity contribution in [3.63, 3.8) is 0 Å². The summed E-state index contributed by atoms with van der Waals surface area (Å²) in [7, 11) is 1.25. The molecular formula is C48H46FN9O6S4. The van der Waals surface area contributed by atoms with E-state index < -0.39 is 33.6 Å².